The van der Waals surface area contributed by atoms with Crippen LogP contribution in [0, 0.1) is 0 Å². The maximum atomic E-state index is 11.4. The van der Waals surface area contributed by atoms with Crippen LogP contribution in [-0.2, 0) is 11.3 Å². The van der Waals surface area contributed by atoms with E-state index in [1.165, 1.54) is 16.5 Å². The summed E-state index contributed by atoms with van der Waals surface area (Å²) in [6, 6.07) is 8.80. The summed E-state index contributed by atoms with van der Waals surface area (Å²) in [5.74, 6) is 0.171. The summed E-state index contributed by atoms with van der Waals surface area (Å²) in [4.78, 5) is 17.2. The van der Waals surface area contributed by atoms with Gasteiger partial charge in [0.25, 0.3) is 0 Å². The lowest BCUT2D eigenvalue weighted by molar-refractivity contribution is -0.121. The molecule has 1 aromatic heterocycles. The molecular formula is C17H23N3O. The van der Waals surface area contributed by atoms with Crippen molar-refractivity contribution < 1.29 is 4.79 Å². The lowest BCUT2D eigenvalue weighted by atomic mass is 10.0. The molecule has 1 aromatic carbocycles. The average Bonchev–Trinajstić information content (AvgIpc) is 2.92. The number of nitrogens with zero attached hydrogens (tertiary/aromatic N) is 1. The van der Waals surface area contributed by atoms with Gasteiger partial charge in [0.2, 0.25) is 5.91 Å². The number of hydrogen-bond acceptors (Lipinski definition) is 2. The van der Waals surface area contributed by atoms with Gasteiger partial charge in [0.1, 0.15) is 0 Å². The van der Waals surface area contributed by atoms with E-state index in [1.54, 1.807) is 0 Å². The third kappa shape index (κ3) is 3.27. The van der Waals surface area contributed by atoms with Gasteiger partial charge in [-0.3, -0.25) is 9.69 Å². The summed E-state index contributed by atoms with van der Waals surface area (Å²) in [5, 5.41) is 4.42. The first-order chi connectivity index (χ1) is 10.3. The third-order valence-corrected chi connectivity index (χ3v) is 4.34. The SMILES string of the molecule is CCC(=O)NC1CCN(Cc2c[nH]c3ccccc23)CC1. The Morgan fingerprint density at radius 3 is 2.86 bits per heavy atom. The maximum absolute atomic E-state index is 11.4. The molecule has 2 aromatic rings. The molecule has 1 fully saturated rings. The number of nitrogens with one attached hydrogen (secondary N) is 2. The van der Waals surface area contributed by atoms with Crippen LogP contribution in [0.4, 0.5) is 0 Å². The van der Waals surface area contributed by atoms with E-state index in [2.05, 4.69) is 45.7 Å². The lowest BCUT2D eigenvalue weighted by Gasteiger charge is -2.32. The highest BCUT2D eigenvalue weighted by molar-refractivity contribution is 5.82. The molecule has 0 saturated carbocycles. The molecule has 21 heavy (non-hydrogen) atoms. The highest BCUT2D eigenvalue weighted by atomic mass is 16.1. The number of H-pyrrole nitrogens is 1. The molecule has 0 aliphatic carbocycles. The van der Waals surface area contributed by atoms with Crippen LogP contribution >= 0.6 is 0 Å². The Morgan fingerprint density at radius 2 is 2.10 bits per heavy atom. The number of carbonyl (C=O) groups is 1. The minimum Gasteiger partial charge on any atom is -0.361 e. The number of rotatable bonds is 4. The Bertz CT molecular complexity index is 611. The molecule has 0 radical (unpaired) electrons. The van der Waals surface area contributed by atoms with Crippen LogP contribution in [0.5, 0.6) is 0 Å². The van der Waals surface area contributed by atoms with Crippen LogP contribution in [0.3, 0.4) is 0 Å². The molecule has 112 valence electrons. The lowest BCUT2D eigenvalue weighted by Crippen LogP contribution is -2.44. The molecule has 0 spiro atoms. The Hall–Kier alpha value is -1.81. The molecular weight excluding hydrogens is 262 g/mol. The highest BCUT2D eigenvalue weighted by Crippen LogP contribution is 2.21. The predicted molar refractivity (Wildman–Crippen MR) is 85.0 cm³/mol. The van der Waals surface area contributed by atoms with Crippen molar-refractivity contribution in [3.05, 3.63) is 36.0 Å². The van der Waals surface area contributed by atoms with Crippen LogP contribution < -0.4 is 5.32 Å². The fourth-order valence-electron chi connectivity index (χ4n) is 3.07. The second-order valence-electron chi connectivity index (χ2n) is 5.83. The Morgan fingerprint density at radius 1 is 1.33 bits per heavy atom. The van der Waals surface area contributed by atoms with E-state index >= 15 is 0 Å². The van der Waals surface area contributed by atoms with E-state index in [0.29, 0.717) is 12.5 Å². The fourth-order valence-corrected chi connectivity index (χ4v) is 3.07. The van der Waals surface area contributed by atoms with Crippen molar-refractivity contribution in [3.63, 3.8) is 0 Å². The molecule has 1 saturated heterocycles. The van der Waals surface area contributed by atoms with Gasteiger partial charge in [0.05, 0.1) is 0 Å². The average molecular weight is 285 g/mol. The summed E-state index contributed by atoms with van der Waals surface area (Å²) in [7, 11) is 0. The number of piperidine rings is 1. The van der Waals surface area contributed by atoms with E-state index in [4.69, 9.17) is 0 Å². The minimum absolute atomic E-state index is 0.171. The van der Waals surface area contributed by atoms with Gasteiger partial charge in [0.15, 0.2) is 0 Å². The number of fused-ring (bicyclic) bond motifs is 1. The normalized spacial score (nSPS) is 17.2. The first-order valence-electron chi connectivity index (χ1n) is 7.83. The van der Waals surface area contributed by atoms with E-state index in [-0.39, 0.29) is 5.91 Å². The van der Waals surface area contributed by atoms with E-state index in [0.717, 1.165) is 32.5 Å². The van der Waals surface area contributed by atoms with Gasteiger partial charge < -0.3 is 10.3 Å². The number of para-hydroxylation sites is 1. The molecule has 0 bridgehead atoms. The maximum Gasteiger partial charge on any atom is 0.219 e. The number of amides is 1. The number of hydrogen-bond donors (Lipinski definition) is 2. The summed E-state index contributed by atoms with van der Waals surface area (Å²) >= 11 is 0. The Kier molecular flexibility index (Phi) is 4.25. The Balaban J connectivity index is 1.57. The van der Waals surface area contributed by atoms with Crippen molar-refractivity contribution >= 4 is 16.8 Å². The fraction of sp³-hybridized carbons (Fsp3) is 0.471. The van der Waals surface area contributed by atoms with Crippen LogP contribution in [0.1, 0.15) is 31.7 Å². The van der Waals surface area contributed by atoms with E-state index in [1.807, 2.05) is 6.92 Å². The molecule has 0 atom stereocenters. The molecule has 4 heteroatoms. The van der Waals surface area contributed by atoms with Crippen LogP contribution in [0.25, 0.3) is 10.9 Å². The van der Waals surface area contributed by atoms with Crippen molar-refractivity contribution in [3.8, 4) is 0 Å². The third-order valence-electron chi connectivity index (χ3n) is 4.34. The monoisotopic (exact) mass is 285 g/mol. The molecule has 1 aliphatic rings. The first kappa shape index (κ1) is 14.1. The van der Waals surface area contributed by atoms with Crippen LogP contribution in [0.2, 0.25) is 0 Å². The van der Waals surface area contributed by atoms with Crippen molar-refractivity contribution in [1.29, 1.82) is 0 Å². The standard InChI is InChI=1S/C17H23N3O/c1-2-17(21)19-14-7-9-20(10-8-14)12-13-11-18-16-6-4-3-5-15(13)16/h3-6,11,14,18H,2,7-10,12H2,1H3,(H,19,21). The largest absolute Gasteiger partial charge is 0.361 e. The van der Waals surface area contributed by atoms with Crippen molar-refractivity contribution in [2.45, 2.75) is 38.8 Å². The highest BCUT2D eigenvalue weighted by Gasteiger charge is 2.20. The second kappa shape index (κ2) is 6.31. The summed E-state index contributed by atoms with van der Waals surface area (Å²) in [6.45, 7) is 4.99. The number of carbonyl (C=O) groups excluding carboxylic acids is 1. The number of likely N-dealkylation sites (tertiary alicyclic amines) is 1. The second-order valence-corrected chi connectivity index (χ2v) is 5.83. The van der Waals surface area contributed by atoms with Crippen molar-refractivity contribution in [2.75, 3.05) is 13.1 Å². The van der Waals surface area contributed by atoms with Crippen molar-refractivity contribution in [1.82, 2.24) is 15.2 Å². The molecule has 0 unspecified atom stereocenters. The van der Waals surface area contributed by atoms with Crippen molar-refractivity contribution in [2.24, 2.45) is 0 Å². The zero-order valence-electron chi connectivity index (χ0n) is 12.6. The summed E-state index contributed by atoms with van der Waals surface area (Å²) in [6.07, 6.45) is 4.80. The van der Waals surface area contributed by atoms with Gasteiger partial charge in [0, 0.05) is 49.2 Å². The molecule has 1 amide bonds. The topological polar surface area (TPSA) is 48.1 Å². The summed E-state index contributed by atoms with van der Waals surface area (Å²) in [5.41, 5.74) is 2.57. The van der Waals surface area contributed by atoms with E-state index < -0.39 is 0 Å². The number of aromatic nitrogens is 1. The minimum atomic E-state index is 0.171. The zero-order valence-corrected chi connectivity index (χ0v) is 12.6. The van der Waals surface area contributed by atoms with Gasteiger partial charge in [-0.1, -0.05) is 25.1 Å². The molecule has 4 nitrogen and oxygen atoms in total. The molecule has 1 aliphatic heterocycles. The van der Waals surface area contributed by atoms with Gasteiger partial charge in [-0.25, -0.2) is 0 Å². The molecule has 2 N–H and O–H groups in total. The van der Waals surface area contributed by atoms with Crippen LogP contribution in [-0.4, -0.2) is 34.9 Å². The predicted octanol–water partition coefficient (Wildman–Crippen LogP) is 2.66. The number of aromatic amines is 1. The first-order valence-corrected chi connectivity index (χ1v) is 7.83. The van der Waals surface area contributed by atoms with Gasteiger partial charge >= 0.3 is 0 Å². The van der Waals surface area contributed by atoms with Gasteiger partial charge in [-0.05, 0) is 24.5 Å². The van der Waals surface area contributed by atoms with Gasteiger partial charge in [-0.2, -0.15) is 0 Å². The molecule has 3 rings (SSSR count). The number of benzene rings is 1. The van der Waals surface area contributed by atoms with Crippen LogP contribution in [0.15, 0.2) is 30.5 Å². The Labute approximate surface area is 125 Å². The van der Waals surface area contributed by atoms with E-state index in [9.17, 15) is 4.79 Å². The zero-order chi connectivity index (χ0) is 14.7. The quantitative estimate of drug-likeness (QED) is 0.907. The summed E-state index contributed by atoms with van der Waals surface area (Å²) < 4.78 is 0. The van der Waals surface area contributed by atoms with Gasteiger partial charge in [-0.15, -0.1) is 0 Å². The molecule has 2 heterocycles. The smallest absolute Gasteiger partial charge is 0.219 e.